The van der Waals surface area contributed by atoms with E-state index in [2.05, 4.69) is 57.5 Å². The lowest BCUT2D eigenvalue weighted by molar-refractivity contribution is 0.0468. The van der Waals surface area contributed by atoms with Crippen LogP contribution >= 0.6 is 0 Å². The Kier molecular flexibility index (Phi) is 11.3. The van der Waals surface area contributed by atoms with Crippen LogP contribution in [0.3, 0.4) is 0 Å². The van der Waals surface area contributed by atoms with Gasteiger partial charge in [-0.1, -0.05) is 89.0 Å². The largest absolute Gasteiger partial charge is 0.445 e. The van der Waals surface area contributed by atoms with Gasteiger partial charge in [-0.3, -0.25) is 0 Å². The van der Waals surface area contributed by atoms with E-state index in [1.807, 2.05) is 58.0 Å². The van der Waals surface area contributed by atoms with Crippen molar-refractivity contribution in [3.8, 4) is 0 Å². The number of nitrogens with zero attached hydrogens (tertiary/aromatic N) is 1. The normalized spacial score (nSPS) is 14.2. The van der Waals surface area contributed by atoms with Crippen molar-refractivity contribution in [3.63, 3.8) is 0 Å². The molecular formula is C28H46N2O4Si. The number of rotatable bonds is 10. The number of amides is 2. The molecule has 1 N–H and O–H groups in total. The number of hydrogen-bond donors (Lipinski definition) is 1. The zero-order chi connectivity index (χ0) is 26.9. The second kappa shape index (κ2) is 13.0. The van der Waals surface area contributed by atoms with Gasteiger partial charge in [0.05, 0.1) is 14.1 Å². The maximum atomic E-state index is 12.9. The first kappa shape index (κ1) is 30.5. The van der Waals surface area contributed by atoms with Crippen LogP contribution in [0, 0.1) is 5.92 Å². The smallest absolute Gasteiger partial charge is 0.410 e. The first-order valence-electron chi connectivity index (χ1n) is 12.3. The van der Waals surface area contributed by atoms with E-state index in [1.54, 1.807) is 11.0 Å². The highest BCUT2D eigenvalue weighted by Gasteiger charge is 2.33. The molecule has 196 valence electrons. The van der Waals surface area contributed by atoms with Gasteiger partial charge in [-0.15, -0.1) is 6.58 Å². The topological polar surface area (TPSA) is 67.9 Å². The minimum absolute atomic E-state index is 0.0362. The van der Waals surface area contributed by atoms with Gasteiger partial charge in [0.2, 0.25) is 0 Å². The lowest BCUT2D eigenvalue weighted by Crippen LogP contribution is -2.50. The molecule has 0 aliphatic rings. The van der Waals surface area contributed by atoms with Crippen LogP contribution in [0.1, 0.15) is 54.0 Å². The van der Waals surface area contributed by atoms with Gasteiger partial charge in [-0.05, 0) is 37.3 Å². The number of nitrogens with one attached hydrogen (secondary N) is 1. The lowest BCUT2D eigenvalue weighted by Gasteiger charge is -2.35. The van der Waals surface area contributed by atoms with Crippen LogP contribution in [0.5, 0.6) is 0 Å². The fraction of sp³-hybridized carbons (Fsp3) is 0.571. The Bertz CT molecular complexity index is 854. The van der Waals surface area contributed by atoms with Crippen LogP contribution in [0.4, 0.5) is 9.59 Å². The molecule has 0 aliphatic carbocycles. The molecule has 6 nitrogen and oxygen atoms in total. The van der Waals surface area contributed by atoms with Gasteiger partial charge in [0.1, 0.15) is 12.2 Å². The summed E-state index contributed by atoms with van der Waals surface area (Å²) < 4.78 is 11.1. The molecule has 0 fully saturated rings. The summed E-state index contributed by atoms with van der Waals surface area (Å²) in [6, 6.07) is 9.18. The van der Waals surface area contributed by atoms with Crippen molar-refractivity contribution in [3.05, 3.63) is 60.3 Å². The standard InChI is InChI=1S/C28H46N2O4Si/c1-11-18-30(26(32)33-21-23-15-13-12-14-16-23)20-24(29-25(31)34-27(3,4)5)22(2)17-19-35(9,10)28(6,7)8/h11-17,19,22,24H,1,18,20-21H2,2-10H3,(H,29,31)/b19-17+/t22-,24+/m0/s1. The number of benzene rings is 1. The number of alkyl carbamates (subject to hydrolysis) is 1. The molecule has 0 unspecified atom stereocenters. The van der Waals surface area contributed by atoms with Gasteiger partial charge in [0, 0.05) is 13.1 Å². The molecule has 0 aromatic heterocycles. The van der Waals surface area contributed by atoms with Crippen molar-refractivity contribution in [1.29, 1.82) is 0 Å². The maximum Gasteiger partial charge on any atom is 0.410 e. The SMILES string of the molecule is C=CCN(C[C@@H](NC(=O)OC(C)(C)C)[C@@H](C)/C=C/[Si](C)(C)C(C)(C)C)C(=O)OCc1ccccc1. The fourth-order valence-electron chi connectivity index (χ4n) is 3.01. The van der Waals surface area contributed by atoms with Crippen molar-refractivity contribution in [1.82, 2.24) is 10.2 Å². The second-order valence-corrected chi connectivity index (χ2v) is 17.0. The van der Waals surface area contributed by atoms with Crippen molar-refractivity contribution in [2.24, 2.45) is 5.92 Å². The van der Waals surface area contributed by atoms with E-state index < -0.39 is 25.9 Å². The van der Waals surface area contributed by atoms with E-state index in [9.17, 15) is 9.59 Å². The molecule has 0 aliphatic heterocycles. The molecule has 0 spiro atoms. The predicted molar refractivity (Wildman–Crippen MR) is 147 cm³/mol. The Hall–Kier alpha value is -2.54. The summed E-state index contributed by atoms with van der Waals surface area (Å²) in [5.74, 6) is -0.0362. The minimum Gasteiger partial charge on any atom is -0.445 e. The summed E-state index contributed by atoms with van der Waals surface area (Å²) in [7, 11) is -1.66. The summed E-state index contributed by atoms with van der Waals surface area (Å²) in [5, 5.41) is 3.19. The van der Waals surface area contributed by atoms with Crippen molar-refractivity contribution in [2.75, 3.05) is 13.1 Å². The average molecular weight is 503 g/mol. The number of hydrogen-bond acceptors (Lipinski definition) is 4. The second-order valence-electron chi connectivity index (χ2n) is 11.7. The third kappa shape index (κ3) is 11.2. The zero-order valence-electron chi connectivity index (χ0n) is 23.2. The zero-order valence-corrected chi connectivity index (χ0v) is 24.2. The van der Waals surface area contributed by atoms with Gasteiger partial charge in [0.25, 0.3) is 0 Å². The molecule has 1 aromatic rings. The van der Waals surface area contributed by atoms with Crippen molar-refractivity contribution in [2.45, 2.75) is 84.8 Å². The molecule has 1 rings (SSSR count). The van der Waals surface area contributed by atoms with Crippen LogP contribution in [0.25, 0.3) is 0 Å². The van der Waals surface area contributed by atoms with E-state index in [4.69, 9.17) is 9.47 Å². The Labute approximate surface area is 213 Å². The van der Waals surface area contributed by atoms with E-state index in [0.717, 1.165) is 5.56 Å². The van der Waals surface area contributed by atoms with E-state index in [1.165, 1.54) is 0 Å². The van der Waals surface area contributed by atoms with Crippen LogP contribution in [0.2, 0.25) is 18.1 Å². The summed E-state index contributed by atoms with van der Waals surface area (Å²) in [6.07, 6.45) is 2.86. The van der Waals surface area contributed by atoms with Crippen molar-refractivity contribution < 1.29 is 19.1 Å². The Balaban J connectivity index is 3.07. The molecular weight excluding hydrogens is 456 g/mol. The predicted octanol–water partition coefficient (Wildman–Crippen LogP) is 6.94. The summed E-state index contributed by atoms with van der Waals surface area (Å²) >= 11 is 0. The first-order chi connectivity index (χ1) is 16.1. The Morgan fingerprint density at radius 2 is 1.71 bits per heavy atom. The number of ether oxygens (including phenoxy) is 2. The van der Waals surface area contributed by atoms with E-state index >= 15 is 0 Å². The number of carbonyl (C=O) groups excluding carboxylic acids is 2. The van der Waals surface area contributed by atoms with E-state index in [-0.39, 0.29) is 30.1 Å². The van der Waals surface area contributed by atoms with Gasteiger partial charge in [-0.2, -0.15) is 0 Å². The lowest BCUT2D eigenvalue weighted by atomic mass is 10.0. The highest BCUT2D eigenvalue weighted by atomic mass is 28.3. The summed E-state index contributed by atoms with van der Waals surface area (Å²) in [6.45, 7) is 23.5. The molecule has 7 heteroatoms. The maximum absolute atomic E-state index is 12.9. The van der Waals surface area contributed by atoms with Gasteiger partial charge in [0.15, 0.2) is 0 Å². The van der Waals surface area contributed by atoms with Crippen LogP contribution in [-0.4, -0.2) is 49.9 Å². The molecule has 0 saturated carbocycles. The quantitative estimate of drug-likeness (QED) is 0.278. The minimum atomic E-state index is -1.66. The third-order valence-electron chi connectivity index (χ3n) is 6.32. The van der Waals surface area contributed by atoms with Gasteiger partial charge < -0.3 is 19.7 Å². The molecule has 0 bridgehead atoms. The van der Waals surface area contributed by atoms with Gasteiger partial charge >= 0.3 is 12.2 Å². The van der Waals surface area contributed by atoms with Crippen LogP contribution < -0.4 is 5.32 Å². The van der Waals surface area contributed by atoms with E-state index in [0.29, 0.717) is 6.54 Å². The molecule has 0 heterocycles. The number of carbonyl (C=O) groups is 2. The Morgan fingerprint density at radius 3 is 2.23 bits per heavy atom. The van der Waals surface area contributed by atoms with Crippen LogP contribution in [-0.2, 0) is 16.1 Å². The molecule has 0 saturated heterocycles. The fourth-order valence-corrected chi connectivity index (χ4v) is 4.29. The summed E-state index contributed by atoms with van der Waals surface area (Å²) in [4.78, 5) is 27.1. The van der Waals surface area contributed by atoms with Crippen LogP contribution in [0.15, 0.2) is 54.8 Å². The Morgan fingerprint density at radius 1 is 1.11 bits per heavy atom. The average Bonchev–Trinajstić information content (AvgIpc) is 2.73. The summed E-state index contributed by atoms with van der Waals surface area (Å²) in [5.41, 5.74) is 2.62. The molecule has 0 radical (unpaired) electrons. The highest BCUT2D eigenvalue weighted by molar-refractivity contribution is 6.84. The molecule has 35 heavy (non-hydrogen) atoms. The first-order valence-corrected chi connectivity index (χ1v) is 15.4. The molecule has 2 atom stereocenters. The van der Waals surface area contributed by atoms with Gasteiger partial charge in [-0.25, -0.2) is 9.59 Å². The molecule has 2 amide bonds. The molecule has 1 aromatic carbocycles. The highest BCUT2D eigenvalue weighted by Crippen LogP contribution is 2.37. The van der Waals surface area contributed by atoms with Crippen molar-refractivity contribution >= 4 is 20.3 Å². The monoisotopic (exact) mass is 502 g/mol. The third-order valence-corrected chi connectivity index (χ3v) is 11.2.